The summed E-state index contributed by atoms with van der Waals surface area (Å²) in [7, 11) is -4.18. The average molecular weight is 341 g/mol. The molecular formula is C14H19F4NO2S. The number of sulfonamides is 1. The van der Waals surface area contributed by atoms with Crippen LogP contribution in [0.15, 0.2) is 12.1 Å². The Morgan fingerprint density at radius 1 is 1.09 bits per heavy atom. The van der Waals surface area contributed by atoms with Crippen LogP contribution in [0.1, 0.15) is 51.7 Å². The van der Waals surface area contributed by atoms with Crippen molar-refractivity contribution in [3.8, 4) is 0 Å². The first-order valence-corrected chi connectivity index (χ1v) is 8.08. The normalized spacial score (nSPS) is 13.5. The van der Waals surface area contributed by atoms with E-state index in [1.54, 1.807) is 18.6 Å². The van der Waals surface area contributed by atoms with E-state index in [0.29, 0.717) is 0 Å². The lowest BCUT2D eigenvalue weighted by atomic mass is 9.99. The van der Waals surface area contributed by atoms with E-state index < -0.39 is 38.0 Å². The molecule has 3 nitrogen and oxygen atoms in total. The van der Waals surface area contributed by atoms with Crippen LogP contribution in [-0.2, 0) is 16.2 Å². The van der Waals surface area contributed by atoms with E-state index >= 15 is 0 Å². The lowest BCUT2D eigenvalue weighted by Gasteiger charge is -2.23. The van der Waals surface area contributed by atoms with Gasteiger partial charge >= 0.3 is 6.18 Å². The van der Waals surface area contributed by atoms with Gasteiger partial charge in [0.05, 0.1) is 16.0 Å². The van der Waals surface area contributed by atoms with Gasteiger partial charge in [-0.3, -0.25) is 4.72 Å². The molecule has 0 aromatic heterocycles. The number of hydrogen-bond acceptors (Lipinski definition) is 2. The summed E-state index contributed by atoms with van der Waals surface area (Å²) in [6.45, 7) is 7.16. The third-order valence-electron chi connectivity index (χ3n) is 3.13. The standard InChI is InChI=1S/C14H19F4NO2S/c1-8(2)9-6-10(14(16,17)18)12(11(15)7-9)19-22(20,21)13(3,4)5/h6-8,19H,1-5H3. The Balaban J connectivity index is 3.55. The van der Waals surface area contributed by atoms with Gasteiger partial charge in [-0.15, -0.1) is 0 Å². The molecule has 0 atom stereocenters. The van der Waals surface area contributed by atoms with Gasteiger partial charge in [-0.1, -0.05) is 13.8 Å². The van der Waals surface area contributed by atoms with E-state index in [1.807, 2.05) is 0 Å². The largest absolute Gasteiger partial charge is 0.418 e. The van der Waals surface area contributed by atoms with E-state index in [-0.39, 0.29) is 11.5 Å². The maximum Gasteiger partial charge on any atom is 0.418 e. The van der Waals surface area contributed by atoms with Crippen LogP contribution in [0.2, 0.25) is 0 Å². The minimum absolute atomic E-state index is 0.142. The molecule has 126 valence electrons. The lowest BCUT2D eigenvalue weighted by molar-refractivity contribution is -0.137. The maximum absolute atomic E-state index is 14.1. The minimum atomic E-state index is -4.87. The fourth-order valence-electron chi connectivity index (χ4n) is 1.58. The van der Waals surface area contributed by atoms with Crippen LogP contribution in [0.3, 0.4) is 0 Å². The highest BCUT2D eigenvalue weighted by molar-refractivity contribution is 7.94. The summed E-state index contributed by atoms with van der Waals surface area (Å²) in [4.78, 5) is 0. The number of nitrogens with one attached hydrogen (secondary N) is 1. The van der Waals surface area contributed by atoms with Crippen molar-refractivity contribution in [2.24, 2.45) is 0 Å². The summed E-state index contributed by atoms with van der Waals surface area (Å²) in [6.07, 6.45) is -4.87. The second-order valence-corrected chi connectivity index (χ2v) is 8.73. The second kappa shape index (κ2) is 5.72. The first-order valence-electron chi connectivity index (χ1n) is 6.60. The van der Waals surface area contributed by atoms with Crippen molar-refractivity contribution < 1.29 is 26.0 Å². The Bertz CT molecular complexity index is 659. The Morgan fingerprint density at radius 2 is 1.59 bits per heavy atom. The summed E-state index contributed by atoms with van der Waals surface area (Å²) in [5, 5.41) is 0. The van der Waals surface area contributed by atoms with Gasteiger partial charge in [0, 0.05) is 0 Å². The fourth-order valence-corrected chi connectivity index (χ4v) is 2.36. The van der Waals surface area contributed by atoms with E-state index in [2.05, 4.69) is 0 Å². The van der Waals surface area contributed by atoms with Gasteiger partial charge in [0.1, 0.15) is 5.82 Å². The van der Waals surface area contributed by atoms with Gasteiger partial charge in [0.2, 0.25) is 10.0 Å². The zero-order valence-corrected chi connectivity index (χ0v) is 13.8. The first kappa shape index (κ1) is 18.7. The molecular weight excluding hydrogens is 322 g/mol. The molecule has 0 aliphatic heterocycles. The highest BCUT2D eigenvalue weighted by atomic mass is 32.2. The van der Waals surface area contributed by atoms with Crippen molar-refractivity contribution in [2.45, 2.75) is 51.5 Å². The molecule has 0 amide bonds. The summed E-state index contributed by atoms with van der Waals surface area (Å²) in [5.41, 5.74) is -2.25. The van der Waals surface area contributed by atoms with Crippen LogP contribution >= 0.6 is 0 Å². The zero-order chi connectivity index (χ0) is 17.5. The van der Waals surface area contributed by atoms with Crippen molar-refractivity contribution in [1.29, 1.82) is 0 Å². The minimum Gasteiger partial charge on any atom is -0.280 e. The molecule has 0 saturated heterocycles. The smallest absolute Gasteiger partial charge is 0.280 e. The highest BCUT2D eigenvalue weighted by Gasteiger charge is 2.38. The average Bonchev–Trinajstić information content (AvgIpc) is 2.27. The van der Waals surface area contributed by atoms with E-state index in [4.69, 9.17) is 0 Å². The van der Waals surface area contributed by atoms with Gasteiger partial charge in [0.15, 0.2) is 0 Å². The number of halogens is 4. The third kappa shape index (κ3) is 3.91. The van der Waals surface area contributed by atoms with Gasteiger partial charge in [0.25, 0.3) is 0 Å². The zero-order valence-electron chi connectivity index (χ0n) is 13.0. The predicted octanol–water partition coefficient (Wildman–Crippen LogP) is 4.51. The van der Waals surface area contributed by atoms with Gasteiger partial charge in [-0.25, -0.2) is 12.8 Å². The van der Waals surface area contributed by atoms with Crippen LogP contribution in [-0.4, -0.2) is 13.2 Å². The number of anilines is 1. The molecule has 0 radical (unpaired) electrons. The van der Waals surface area contributed by atoms with Gasteiger partial charge in [-0.05, 0) is 44.4 Å². The van der Waals surface area contributed by atoms with Crippen LogP contribution in [0.4, 0.5) is 23.2 Å². The molecule has 1 aromatic rings. The number of rotatable bonds is 3. The van der Waals surface area contributed by atoms with Crippen molar-refractivity contribution >= 4 is 15.7 Å². The molecule has 0 fully saturated rings. The molecule has 0 saturated carbocycles. The number of alkyl halides is 3. The Hall–Kier alpha value is -1.31. The summed E-state index contributed by atoms with van der Waals surface area (Å²) < 4.78 is 77.9. The monoisotopic (exact) mass is 341 g/mol. The fraction of sp³-hybridized carbons (Fsp3) is 0.571. The topological polar surface area (TPSA) is 46.2 Å². The molecule has 1 N–H and O–H groups in total. The van der Waals surface area contributed by atoms with Crippen LogP contribution in [0, 0.1) is 5.82 Å². The Labute approximate surface area is 127 Å². The maximum atomic E-state index is 14.1. The number of benzene rings is 1. The molecule has 0 spiro atoms. The van der Waals surface area contributed by atoms with Crippen molar-refractivity contribution in [2.75, 3.05) is 4.72 Å². The quantitative estimate of drug-likeness (QED) is 0.822. The molecule has 8 heteroatoms. The molecule has 0 aliphatic rings. The van der Waals surface area contributed by atoms with Gasteiger partial charge < -0.3 is 0 Å². The Morgan fingerprint density at radius 3 is 1.95 bits per heavy atom. The molecule has 22 heavy (non-hydrogen) atoms. The molecule has 0 aliphatic carbocycles. The molecule has 0 unspecified atom stereocenters. The SMILES string of the molecule is CC(C)c1cc(F)c(NS(=O)(=O)C(C)(C)C)c(C(F)(F)F)c1. The van der Waals surface area contributed by atoms with E-state index in [0.717, 1.165) is 12.1 Å². The Kier molecular flexibility index (Phi) is 4.87. The summed E-state index contributed by atoms with van der Waals surface area (Å²) in [6, 6.07) is 1.69. The summed E-state index contributed by atoms with van der Waals surface area (Å²) in [5.74, 6) is -1.57. The predicted molar refractivity (Wildman–Crippen MR) is 77.8 cm³/mol. The highest BCUT2D eigenvalue weighted by Crippen LogP contribution is 2.39. The second-order valence-electron chi connectivity index (χ2n) is 6.30. The van der Waals surface area contributed by atoms with Crippen LogP contribution < -0.4 is 4.72 Å². The third-order valence-corrected chi connectivity index (χ3v) is 5.21. The summed E-state index contributed by atoms with van der Waals surface area (Å²) >= 11 is 0. The number of hydrogen-bond donors (Lipinski definition) is 1. The van der Waals surface area contributed by atoms with E-state index in [9.17, 15) is 26.0 Å². The van der Waals surface area contributed by atoms with E-state index in [1.165, 1.54) is 20.8 Å². The van der Waals surface area contributed by atoms with Crippen molar-refractivity contribution in [3.05, 3.63) is 29.1 Å². The molecule has 1 aromatic carbocycles. The molecule has 1 rings (SSSR count). The van der Waals surface area contributed by atoms with Crippen molar-refractivity contribution in [3.63, 3.8) is 0 Å². The van der Waals surface area contributed by atoms with Gasteiger partial charge in [-0.2, -0.15) is 13.2 Å². The lowest BCUT2D eigenvalue weighted by Crippen LogP contribution is -2.34. The van der Waals surface area contributed by atoms with Crippen LogP contribution in [0.5, 0.6) is 0 Å². The molecule has 0 bridgehead atoms. The first-order chi connectivity index (χ1) is 9.67. The molecule has 0 heterocycles. The van der Waals surface area contributed by atoms with Crippen LogP contribution in [0.25, 0.3) is 0 Å². The van der Waals surface area contributed by atoms with Crippen molar-refractivity contribution in [1.82, 2.24) is 0 Å².